The molecule has 0 saturated carbocycles. The fourth-order valence-electron chi connectivity index (χ4n) is 2.81. The first-order valence-corrected chi connectivity index (χ1v) is 10.6. The van der Waals surface area contributed by atoms with Gasteiger partial charge in [-0.15, -0.1) is 11.3 Å². The molecule has 0 aliphatic carbocycles. The lowest BCUT2D eigenvalue weighted by Crippen LogP contribution is -2.13. The number of hydrogen-bond donors (Lipinski definition) is 2. The summed E-state index contributed by atoms with van der Waals surface area (Å²) in [5.74, 6) is 1.13. The summed E-state index contributed by atoms with van der Waals surface area (Å²) in [5.41, 5.74) is 8.52. The molecule has 158 valence electrons. The van der Waals surface area contributed by atoms with Crippen molar-refractivity contribution in [2.75, 3.05) is 30.9 Å². The summed E-state index contributed by atoms with van der Waals surface area (Å²) in [6.07, 6.45) is 0. The molecule has 1 aromatic heterocycles. The second-order valence-electron chi connectivity index (χ2n) is 6.21. The van der Waals surface area contributed by atoms with Crippen molar-refractivity contribution in [2.45, 2.75) is 20.8 Å². The summed E-state index contributed by atoms with van der Waals surface area (Å²) in [6, 6.07) is 10.7. The maximum absolute atomic E-state index is 12.9. The maximum Gasteiger partial charge on any atom is 0.257 e. The SMILES string of the molecule is CCOc1cc(C(=O)Nc2nc(-c3ccc(N)cc3)cs2)cc(OCC)c1OCC. The van der Waals surface area contributed by atoms with E-state index in [9.17, 15) is 4.79 Å². The molecule has 0 radical (unpaired) electrons. The van der Waals surface area contributed by atoms with Gasteiger partial charge in [-0.3, -0.25) is 10.1 Å². The van der Waals surface area contributed by atoms with E-state index in [1.165, 1.54) is 11.3 Å². The van der Waals surface area contributed by atoms with E-state index >= 15 is 0 Å². The summed E-state index contributed by atoms with van der Waals surface area (Å²) in [4.78, 5) is 17.4. The number of nitrogens with one attached hydrogen (secondary N) is 1. The minimum Gasteiger partial charge on any atom is -0.490 e. The quantitative estimate of drug-likeness (QED) is 0.474. The Morgan fingerprint density at radius 1 is 1.00 bits per heavy atom. The lowest BCUT2D eigenvalue weighted by atomic mass is 10.1. The molecule has 0 saturated heterocycles. The number of nitrogens with two attached hydrogens (primary N) is 1. The molecule has 3 N–H and O–H groups in total. The molecule has 0 unspecified atom stereocenters. The van der Waals surface area contributed by atoms with Crippen LogP contribution in [-0.4, -0.2) is 30.7 Å². The summed E-state index contributed by atoms with van der Waals surface area (Å²) in [7, 11) is 0. The average molecular weight is 428 g/mol. The molecular formula is C22H25N3O4S. The van der Waals surface area contributed by atoms with Gasteiger partial charge >= 0.3 is 0 Å². The van der Waals surface area contributed by atoms with Gasteiger partial charge in [-0.2, -0.15) is 0 Å². The van der Waals surface area contributed by atoms with Crippen LogP contribution >= 0.6 is 11.3 Å². The zero-order valence-corrected chi connectivity index (χ0v) is 18.0. The van der Waals surface area contributed by atoms with E-state index in [1.54, 1.807) is 12.1 Å². The van der Waals surface area contributed by atoms with E-state index < -0.39 is 0 Å². The van der Waals surface area contributed by atoms with Crippen molar-refractivity contribution in [3.05, 3.63) is 47.3 Å². The van der Waals surface area contributed by atoms with Gasteiger partial charge in [0.15, 0.2) is 16.6 Å². The number of thiazole rings is 1. The van der Waals surface area contributed by atoms with Crippen molar-refractivity contribution < 1.29 is 19.0 Å². The summed E-state index contributed by atoms with van der Waals surface area (Å²) >= 11 is 1.35. The zero-order chi connectivity index (χ0) is 21.5. The summed E-state index contributed by atoms with van der Waals surface area (Å²) in [5, 5.41) is 5.22. The highest BCUT2D eigenvalue weighted by molar-refractivity contribution is 7.14. The van der Waals surface area contributed by atoms with E-state index in [2.05, 4.69) is 10.3 Å². The van der Waals surface area contributed by atoms with Gasteiger partial charge in [-0.05, 0) is 45.0 Å². The van der Waals surface area contributed by atoms with Gasteiger partial charge in [0.1, 0.15) is 0 Å². The molecular weight excluding hydrogens is 402 g/mol. The minimum atomic E-state index is -0.307. The van der Waals surface area contributed by atoms with Crippen LogP contribution in [0.5, 0.6) is 17.2 Å². The Morgan fingerprint density at radius 2 is 1.60 bits per heavy atom. The molecule has 1 heterocycles. The largest absolute Gasteiger partial charge is 0.490 e. The zero-order valence-electron chi connectivity index (χ0n) is 17.2. The van der Waals surface area contributed by atoms with Crippen molar-refractivity contribution in [3.8, 4) is 28.5 Å². The third-order valence-corrected chi connectivity index (χ3v) is 4.86. The number of aromatic nitrogens is 1. The van der Waals surface area contributed by atoms with Gasteiger partial charge < -0.3 is 19.9 Å². The monoisotopic (exact) mass is 427 g/mol. The van der Waals surface area contributed by atoms with Gasteiger partial charge in [0.25, 0.3) is 5.91 Å². The van der Waals surface area contributed by atoms with Gasteiger partial charge in [-0.25, -0.2) is 4.98 Å². The van der Waals surface area contributed by atoms with Crippen LogP contribution in [0, 0.1) is 0 Å². The van der Waals surface area contributed by atoms with Crippen LogP contribution in [0.4, 0.5) is 10.8 Å². The van der Waals surface area contributed by atoms with Gasteiger partial charge in [0.2, 0.25) is 5.75 Å². The molecule has 0 aliphatic heterocycles. The number of benzene rings is 2. The smallest absolute Gasteiger partial charge is 0.257 e. The third kappa shape index (κ3) is 5.01. The fraction of sp³-hybridized carbons (Fsp3) is 0.273. The molecule has 0 spiro atoms. The number of rotatable bonds is 9. The Bertz CT molecular complexity index is 975. The van der Waals surface area contributed by atoms with Crippen LogP contribution in [0.3, 0.4) is 0 Å². The third-order valence-electron chi connectivity index (χ3n) is 4.10. The maximum atomic E-state index is 12.9. The molecule has 7 nitrogen and oxygen atoms in total. The second-order valence-corrected chi connectivity index (χ2v) is 7.07. The number of nitrogens with zero attached hydrogens (tertiary/aromatic N) is 1. The number of nitrogen functional groups attached to an aromatic ring is 1. The molecule has 0 fully saturated rings. The van der Waals surface area contributed by atoms with E-state index in [1.807, 2.05) is 50.4 Å². The van der Waals surface area contributed by atoms with Crippen LogP contribution < -0.4 is 25.3 Å². The molecule has 0 bridgehead atoms. The van der Waals surface area contributed by atoms with E-state index in [-0.39, 0.29) is 5.91 Å². The number of anilines is 2. The number of hydrogen-bond acceptors (Lipinski definition) is 7. The Kier molecular flexibility index (Phi) is 7.13. The Balaban J connectivity index is 1.85. The first kappa shape index (κ1) is 21.4. The van der Waals surface area contributed by atoms with Gasteiger partial charge in [0.05, 0.1) is 25.5 Å². The van der Waals surface area contributed by atoms with Crippen LogP contribution in [0.25, 0.3) is 11.3 Å². The normalized spacial score (nSPS) is 10.5. The highest BCUT2D eigenvalue weighted by atomic mass is 32.1. The summed E-state index contributed by atoms with van der Waals surface area (Å²) < 4.78 is 17.0. The molecule has 0 aliphatic rings. The van der Waals surface area contributed by atoms with Crippen molar-refractivity contribution in [2.24, 2.45) is 0 Å². The van der Waals surface area contributed by atoms with E-state index in [0.29, 0.717) is 53.5 Å². The Hall–Kier alpha value is -3.26. The van der Waals surface area contributed by atoms with Crippen molar-refractivity contribution in [1.29, 1.82) is 0 Å². The van der Waals surface area contributed by atoms with Crippen LogP contribution in [-0.2, 0) is 0 Å². The summed E-state index contributed by atoms with van der Waals surface area (Å²) in [6.45, 7) is 6.96. The predicted molar refractivity (Wildman–Crippen MR) is 120 cm³/mol. The molecule has 0 atom stereocenters. The van der Waals surface area contributed by atoms with Crippen LogP contribution in [0.2, 0.25) is 0 Å². The Labute approximate surface area is 179 Å². The topological polar surface area (TPSA) is 95.7 Å². The lowest BCUT2D eigenvalue weighted by molar-refractivity contribution is 0.102. The Morgan fingerprint density at radius 3 is 2.17 bits per heavy atom. The molecule has 3 rings (SSSR count). The van der Waals surface area contributed by atoms with Crippen LogP contribution in [0.15, 0.2) is 41.8 Å². The molecule has 8 heteroatoms. The average Bonchev–Trinajstić information content (AvgIpc) is 3.19. The molecule has 2 aromatic carbocycles. The van der Waals surface area contributed by atoms with Crippen molar-refractivity contribution >= 4 is 28.1 Å². The highest BCUT2D eigenvalue weighted by Crippen LogP contribution is 2.39. The lowest BCUT2D eigenvalue weighted by Gasteiger charge is -2.16. The van der Waals surface area contributed by atoms with Crippen molar-refractivity contribution in [3.63, 3.8) is 0 Å². The van der Waals surface area contributed by atoms with Gasteiger partial charge in [-0.1, -0.05) is 12.1 Å². The standard InChI is InChI=1S/C22H25N3O4S/c1-4-27-18-11-15(12-19(28-5-2)20(18)29-6-3)21(26)25-22-24-17(13-30-22)14-7-9-16(23)10-8-14/h7-13H,4-6,23H2,1-3H3,(H,24,25,26). The van der Waals surface area contributed by atoms with E-state index in [0.717, 1.165) is 11.3 Å². The number of ether oxygens (including phenoxy) is 3. The van der Waals surface area contributed by atoms with Gasteiger partial charge in [0, 0.05) is 22.2 Å². The second kappa shape index (κ2) is 9.98. The highest BCUT2D eigenvalue weighted by Gasteiger charge is 2.19. The first-order chi connectivity index (χ1) is 14.5. The van der Waals surface area contributed by atoms with Crippen molar-refractivity contribution in [1.82, 2.24) is 4.98 Å². The van der Waals surface area contributed by atoms with Crippen LogP contribution in [0.1, 0.15) is 31.1 Å². The predicted octanol–water partition coefficient (Wildman–Crippen LogP) is 4.84. The molecule has 1 amide bonds. The number of carbonyl (C=O) groups is 1. The van der Waals surface area contributed by atoms with E-state index in [4.69, 9.17) is 19.9 Å². The fourth-order valence-corrected chi connectivity index (χ4v) is 3.52. The molecule has 3 aromatic rings. The molecule has 30 heavy (non-hydrogen) atoms. The minimum absolute atomic E-state index is 0.307. The first-order valence-electron chi connectivity index (χ1n) is 9.74. The number of amides is 1. The number of carbonyl (C=O) groups excluding carboxylic acids is 1.